The maximum atomic E-state index is 13.5. The number of hydrazone groups is 1. The molecule has 0 saturated carbocycles. The van der Waals surface area contributed by atoms with Crippen molar-refractivity contribution in [3.05, 3.63) is 82.4 Å². The maximum absolute atomic E-state index is 13.5. The van der Waals surface area contributed by atoms with Crippen molar-refractivity contribution in [2.45, 2.75) is 18.7 Å². The number of sulfonamides is 1. The number of rotatable bonds is 7. The second-order valence-electron chi connectivity index (χ2n) is 7.61. The zero-order valence-corrected chi connectivity index (χ0v) is 20.1. The fourth-order valence-electron chi connectivity index (χ4n) is 3.34. The van der Waals surface area contributed by atoms with Gasteiger partial charge in [-0.2, -0.15) is 5.10 Å². The monoisotopic (exact) mass is 499 g/mol. The Morgan fingerprint density at radius 3 is 2.59 bits per heavy atom. The van der Waals surface area contributed by atoms with Gasteiger partial charge in [0, 0.05) is 5.02 Å². The molecule has 8 nitrogen and oxygen atoms in total. The van der Waals surface area contributed by atoms with Crippen molar-refractivity contribution in [3.8, 4) is 11.5 Å². The van der Waals surface area contributed by atoms with Gasteiger partial charge in [0.25, 0.3) is 15.9 Å². The second kappa shape index (κ2) is 9.74. The Labute approximate surface area is 202 Å². The Kier molecular flexibility index (Phi) is 6.76. The van der Waals surface area contributed by atoms with Crippen molar-refractivity contribution in [3.63, 3.8) is 0 Å². The van der Waals surface area contributed by atoms with Gasteiger partial charge in [0.1, 0.15) is 6.54 Å². The number of amides is 1. The normalized spacial score (nSPS) is 12.7. The number of carbonyl (C=O) groups is 1. The summed E-state index contributed by atoms with van der Waals surface area (Å²) < 4.78 is 38.6. The topological polar surface area (TPSA) is 97.3 Å². The van der Waals surface area contributed by atoms with E-state index < -0.39 is 22.5 Å². The first-order chi connectivity index (χ1) is 16.3. The van der Waals surface area contributed by atoms with Gasteiger partial charge in [0.2, 0.25) is 6.79 Å². The molecule has 34 heavy (non-hydrogen) atoms. The van der Waals surface area contributed by atoms with Crippen LogP contribution in [0.5, 0.6) is 11.5 Å². The predicted molar refractivity (Wildman–Crippen MR) is 130 cm³/mol. The van der Waals surface area contributed by atoms with E-state index in [1.165, 1.54) is 18.3 Å². The van der Waals surface area contributed by atoms with Crippen molar-refractivity contribution >= 4 is 39.4 Å². The fourth-order valence-corrected chi connectivity index (χ4v) is 4.99. The van der Waals surface area contributed by atoms with Gasteiger partial charge in [-0.05, 0) is 67.4 Å². The first kappa shape index (κ1) is 23.6. The standard InChI is InChI=1S/C24H22ClN3O5S/c1-16-6-9-19(10-7-16)34(30,31)28(21-5-3-4-20(25)17(21)2)14-24(29)27-26-13-18-8-11-22-23(12-18)33-15-32-22/h3-13H,14-15H2,1-2H3,(H,27,29)/b26-13-. The number of halogens is 1. The maximum Gasteiger partial charge on any atom is 0.264 e. The molecular formula is C24H22ClN3O5S. The van der Waals surface area contributed by atoms with Crippen LogP contribution in [-0.4, -0.2) is 33.9 Å². The van der Waals surface area contributed by atoms with Gasteiger partial charge >= 0.3 is 0 Å². The summed E-state index contributed by atoms with van der Waals surface area (Å²) >= 11 is 6.24. The molecule has 0 radical (unpaired) electrons. The van der Waals surface area contributed by atoms with Gasteiger partial charge < -0.3 is 9.47 Å². The highest BCUT2D eigenvalue weighted by Crippen LogP contribution is 2.32. The zero-order chi connectivity index (χ0) is 24.3. The molecule has 0 spiro atoms. The molecule has 10 heteroatoms. The number of hydrogen-bond acceptors (Lipinski definition) is 6. The Hall–Kier alpha value is -3.56. The van der Waals surface area contributed by atoms with Crippen LogP contribution in [0.3, 0.4) is 0 Å². The number of nitrogens with zero attached hydrogens (tertiary/aromatic N) is 2. The van der Waals surface area contributed by atoms with Crippen molar-refractivity contribution in [1.82, 2.24) is 5.43 Å². The third-order valence-electron chi connectivity index (χ3n) is 5.20. The molecule has 0 fully saturated rings. The smallest absolute Gasteiger partial charge is 0.264 e. The van der Waals surface area contributed by atoms with E-state index >= 15 is 0 Å². The Bertz CT molecular complexity index is 1360. The lowest BCUT2D eigenvalue weighted by Crippen LogP contribution is -2.40. The van der Waals surface area contributed by atoms with E-state index in [2.05, 4.69) is 10.5 Å². The molecule has 1 aliphatic rings. The average Bonchev–Trinajstić information content (AvgIpc) is 3.28. The number of nitrogens with one attached hydrogen (secondary N) is 1. The summed E-state index contributed by atoms with van der Waals surface area (Å²) in [6.07, 6.45) is 1.43. The number of anilines is 1. The third kappa shape index (κ3) is 5.00. The minimum Gasteiger partial charge on any atom is -0.454 e. The van der Waals surface area contributed by atoms with Gasteiger partial charge in [0.15, 0.2) is 11.5 Å². The number of carbonyl (C=O) groups excluding carboxylic acids is 1. The van der Waals surface area contributed by atoms with Crippen molar-refractivity contribution < 1.29 is 22.7 Å². The highest BCUT2D eigenvalue weighted by Gasteiger charge is 2.28. The largest absolute Gasteiger partial charge is 0.454 e. The van der Waals surface area contributed by atoms with Crippen molar-refractivity contribution in [2.75, 3.05) is 17.6 Å². The molecule has 3 aromatic rings. The lowest BCUT2D eigenvalue weighted by Gasteiger charge is -2.25. The molecule has 1 N–H and O–H groups in total. The summed E-state index contributed by atoms with van der Waals surface area (Å²) in [5.74, 6) is 0.601. The number of fused-ring (bicyclic) bond motifs is 1. The van der Waals surface area contributed by atoms with Gasteiger partial charge in [0.05, 0.1) is 16.8 Å². The summed E-state index contributed by atoms with van der Waals surface area (Å²) in [6, 6.07) is 16.5. The summed E-state index contributed by atoms with van der Waals surface area (Å²) in [5, 5.41) is 4.34. The van der Waals surface area contributed by atoms with E-state index in [0.717, 1.165) is 9.87 Å². The summed E-state index contributed by atoms with van der Waals surface area (Å²) in [6.45, 7) is 3.22. The summed E-state index contributed by atoms with van der Waals surface area (Å²) in [4.78, 5) is 12.8. The summed E-state index contributed by atoms with van der Waals surface area (Å²) in [5.41, 5.74) is 4.83. The first-order valence-electron chi connectivity index (χ1n) is 10.3. The average molecular weight is 500 g/mol. The van der Waals surface area contributed by atoms with Crippen LogP contribution in [0, 0.1) is 13.8 Å². The molecule has 1 heterocycles. The molecule has 0 aromatic heterocycles. The number of benzene rings is 3. The quantitative estimate of drug-likeness (QED) is 0.391. The minimum absolute atomic E-state index is 0.0640. The van der Waals surface area contributed by atoms with Crippen LogP contribution in [-0.2, 0) is 14.8 Å². The van der Waals surface area contributed by atoms with E-state index in [9.17, 15) is 13.2 Å². The molecule has 0 aliphatic carbocycles. The Morgan fingerprint density at radius 2 is 1.82 bits per heavy atom. The second-order valence-corrected chi connectivity index (χ2v) is 9.88. The molecule has 4 rings (SSSR count). The van der Waals surface area contributed by atoms with Crippen LogP contribution in [0.15, 0.2) is 70.7 Å². The molecule has 176 valence electrons. The Balaban J connectivity index is 1.57. The lowest BCUT2D eigenvalue weighted by atomic mass is 10.2. The molecule has 0 bridgehead atoms. The van der Waals surface area contributed by atoms with Crippen LogP contribution in [0.1, 0.15) is 16.7 Å². The van der Waals surface area contributed by atoms with Crippen LogP contribution in [0.25, 0.3) is 0 Å². The highest BCUT2D eigenvalue weighted by atomic mass is 35.5. The van der Waals surface area contributed by atoms with E-state index in [1.807, 2.05) is 6.92 Å². The van der Waals surface area contributed by atoms with E-state index in [-0.39, 0.29) is 11.7 Å². The van der Waals surface area contributed by atoms with Gasteiger partial charge in [-0.1, -0.05) is 35.4 Å². The van der Waals surface area contributed by atoms with Gasteiger partial charge in [-0.15, -0.1) is 0 Å². The SMILES string of the molecule is Cc1ccc(S(=O)(=O)N(CC(=O)N/N=C\c2ccc3c(c2)OCO3)c2cccc(Cl)c2C)cc1. The third-order valence-corrected chi connectivity index (χ3v) is 7.39. The molecular weight excluding hydrogens is 478 g/mol. The van der Waals surface area contributed by atoms with Crippen LogP contribution in [0.4, 0.5) is 5.69 Å². The molecule has 0 atom stereocenters. The lowest BCUT2D eigenvalue weighted by molar-refractivity contribution is -0.119. The Morgan fingerprint density at radius 1 is 1.09 bits per heavy atom. The minimum atomic E-state index is -4.06. The summed E-state index contributed by atoms with van der Waals surface area (Å²) in [7, 11) is -4.06. The number of hydrogen-bond donors (Lipinski definition) is 1. The van der Waals surface area contributed by atoms with Crippen LogP contribution >= 0.6 is 11.6 Å². The van der Waals surface area contributed by atoms with Crippen molar-refractivity contribution in [1.29, 1.82) is 0 Å². The zero-order valence-electron chi connectivity index (χ0n) is 18.5. The first-order valence-corrected chi connectivity index (χ1v) is 12.1. The predicted octanol–water partition coefficient (Wildman–Crippen LogP) is 4.03. The van der Waals surface area contributed by atoms with Crippen molar-refractivity contribution in [2.24, 2.45) is 5.10 Å². The van der Waals surface area contributed by atoms with E-state index in [0.29, 0.717) is 33.3 Å². The molecule has 0 saturated heterocycles. The van der Waals surface area contributed by atoms with E-state index in [1.54, 1.807) is 55.5 Å². The van der Waals surface area contributed by atoms with E-state index in [4.69, 9.17) is 21.1 Å². The molecule has 0 unspecified atom stereocenters. The molecule has 3 aromatic carbocycles. The molecule has 1 aliphatic heterocycles. The van der Waals surface area contributed by atoms with Gasteiger partial charge in [-0.25, -0.2) is 13.8 Å². The van der Waals surface area contributed by atoms with Gasteiger partial charge in [-0.3, -0.25) is 9.10 Å². The fraction of sp³-hybridized carbons (Fsp3) is 0.167. The van der Waals surface area contributed by atoms with Crippen LogP contribution < -0.4 is 19.2 Å². The van der Waals surface area contributed by atoms with Crippen LogP contribution in [0.2, 0.25) is 5.02 Å². The highest BCUT2D eigenvalue weighted by molar-refractivity contribution is 7.92. The number of aryl methyl sites for hydroxylation is 1. The molecule has 1 amide bonds. The number of ether oxygens (including phenoxy) is 2.